The summed E-state index contributed by atoms with van der Waals surface area (Å²) in [5, 5.41) is 3.28. The van der Waals surface area contributed by atoms with Gasteiger partial charge in [0.05, 0.1) is 0 Å². The molecule has 3 heteroatoms. The van der Waals surface area contributed by atoms with E-state index in [1.807, 2.05) is 38.1 Å². The van der Waals surface area contributed by atoms with Crippen molar-refractivity contribution >= 4 is 5.91 Å². The van der Waals surface area contributed by atoms with Gasteiger partial charge < -0.3 is 10.1 Å². The van der Waals surface area contributed by atoms with Crippen LogP contribution >= 0.6 is 0 Å². The molecule has 3 nitrogen and oxygen atoms in total. The fourth-order valence-electron chi connectivity index (χ4n) is 4.66. The van der Waals surface area contributed by atoms with Crippen LogP contribution in [-0.2, 0) is 4.79 Å². The minimum absolute atomic E-state index is 0.00100. The van der Waals surface area contributed by atoms with Gasteiger partial charge in [0.25, 0.3) is 5.91 Å². The van der Waals surface area contributed by atoms with E-state index in [0.29, 0.717) is 5.41 Å². The first-order valence-electron chi connectivity index (χ1n) is 8.78. The topological polar surface area (TPSA) is 38.3 Å². The van der Waals surface area contributed by atoms with E-state index in [-0.39, 0.29) is 17.4 Å². The number of carbonyl (C=O) groups is 1. The van der Waals surface area contributed by atoms with Crippen LogP contribution in [0.25, 0.3) is 0 Å². The maximum Gasteiger partial charge on any atom is 0.261 e. The molecule has 1 aromatic carbocycles. The molecule has 2 saturated carbocycles. The van der Waals surface area contributed by atoms with Gasteiger partial charge in [-0.3, -0.25) is 4.79 Å². The van der Waals surface area contributed by atoms with Gasteiger partial charge in [0.1, 0.15) is 5.75 Å². The Morgan fingerprint density at radius 2 is 2.09 bits per heavy atom. The lowest BCUT2D eigenvalue weighted by Gasteiger charge is -2.39. The van der Waals surface area contributed by atoms with Crippen LogP contribution in [-0.4, -0.2) is 18.1 Å². The first-order valence-corrected chi connectivity index (χ1v) is 8.78. The fraction of sp³-hybridized carbons (Fsp3) is 0.650. The van der Waals surface area contributed by atoms with Gasteiger partial charge in [0.2, 0.25) is 0 Å². The molecule has 126 valence electrons. The zero-order chi connectivity index (χ0) is 16.8. The highest BCUT2D eigenvalue weighted by Gasteiger charge is 2.61. The molecule has 1 N–H and O–H groups in total. The SMILES string of the molecule is Cc1cccc(O[C@H](C)C(=O)N[C@@H]2C[C@H]3CC[C@@]2(C)C3(C)C)c1. The molecule has 1 amide bonds. The Labute approximate surface area is 139 Å². The maximum atomic E-state index is 12.6. The molecule has 0 aromatic heterocycles. The summed E-state index contributed by atoms with van der Waals surface area (Å²) in [6, 6.07) is 8.11. The van der Waals surface area contributed by atoms with Crippen molar-refractivity contribution in [3.05, 3.63) is 29.8 Å². The molecular weight excluding hydrogens is 286 g/mol. The van der Waals surface area contributed by atoms with E-state index in [1.54, 1.807) is 0 Å². The third kappa shape index (κ3) is 2.64. The minimum Gasteiger partial charge on any atom is -0.481 e. The van der Waals surface area contributed by atoms with Crippen LogP contribution in [0, 0.1) is 23.7 Å². The van der Waals surface area contributed by atoms with Gasteiger partial charge in [-0.05, 0) is 67.6 Å². The molecule has 0 heterocycles. The number of aryl methyl sites for hydroxylation is 1. The maximum absolute atomic E-state index is 12.6. The average Bonchev–Trinajstić information content (AvgIpc) is 2.80. The van der Waals surface area contributed by atoms with Gasteiger partial charge in [-0.1, -0.05) is 32.9 Å². The van der Waals surface area contributed by atoms with E-state index in [1.165, 1.54) is 12.8 Å². The number of amides is 1. The number of benzene rings is 1. The van der Waals surface area contributed by atoms with Crippen LogP contribution in [0.2, 0.25) is 0 Å². The Morgan fingerprint density at radius 1 is 1.35 bits per heavy atom. The van der Waals surface area contributed by atoms with Crippen molar-refractivity contribution in [1.29, 1.82) is 0 Å². The zero-order valence-corrected chi connectivity index (χ0v) is 15.0. The molecule has 2 bridgehead atoms. The molecule has 0 unspecified atom stereocenters. The third-order valence-corrected chi connectivity index (χ3v) is 6.78. The number of rotatable bonds is 4. The molecule has 2 aliphatic carbocycles. The summed E-state index contributed by atoms with van der Waals surface area (Å²) < 4.78 is 5.82. The summed E-state index contributed by atoms with van der Waals surface area (Å²) in [5.41, 5.74) is 1.65. The van der Waals surface area contributed by atoms with Crippen LogP contribution in [0.4, 0.5) is 0 Å². The fourth-order valence-corrected chi connectivity index (χ4v) is 4.66. The number of hydrogen-bond acceptors (Lipinski definition) is 2. The largest absolute Gasteiger partial charge is 0.481 e. The van der Waals surface area contributed by atoms with Crippen molar-refractivity contribution in [2.45, 2.75) is 66.0 Å². The van der Waals surface area contributed by atoms with Gasteiger partial charge in [0, 0.05) is 6.04 Å². The number of nitrogens with one attached hydrogen (secondary N) is 1. The summed E-state index contributed by atoms with van der Waals surface area (Å²) in [6.07, 6.45) is 3.14. The Bertz CT molecular complexity index is 609. The van der Waals surface area contributed by atoms with Crippen LogP contribution in [0.1, 0.15) is 52.5 Å². The molecule has 1 aromatic rings. The Hall–Kier alpha value is -1.51. The summed E-state index contributed by atoms with van der Waals surface area (Å²) in [6.45, 7) is 10.9. The highest BCUT2D eigenvalue weighted by atomic mass is 16.5. The molecule has 4 atom stereocenters. The third-order valence-electron chi connectivity index (χ3n) is 6.78. The van der Waals surface area contributed by atoms with Crippen molar-refractivity contribution in [1.82, 2.24) is 5.32 Å². The zero-order valence-electron chi connectivity index (χ0n) is 15.0. The Balaban J connectivity index is 1.64. The van der Waals surface area contributed by atoms with Gasteiger partial charge in [-0.25, -0.2) is 0 Å². The molecule has 2 aliphatic rings. The highest BCUT2D eigenvalue weighted by Crippen LogP contribution is 2.65. The minimum atomic E-state index is -0.470. The standard InChI is InChI=1S/C20H29NO2/c1-13-7-6-8-16(11-13)23-14(2)18(22)21-17-12-15-9-10-20(17,5)19(15,3)4/h6-8,11,14-15,17H,9-10,12H2,1-5H3,(H,21,22)/t14-,15-,17-,20-/m1/s1. The van der Waals surface area contributed by atoms with E-state index in [4.69, 9.17) is 4.74 Å². The van der Waals surface area contributed by atoms with Crippen LogP contribution in [0.5, 0.6) is 5.75 Å². The normalized spacial score (nSPS) is 32.6. The van der Waals surface area contributed by atoms with Crippen molar-refractivity contribution in [2.75, 3.05) is 0 Å². The van der Waals surface area contributed by atoms with Crippen molar-refractivity contribution in [2.24, 2.45) is 16.7 Å². The average molecular weight is 315 g/mol. The number of carbonyl (C=O) groups excluding carboxylic acids is 1. The highest BCUT2D eigenvalue weighted by molar-refractivity contribution is 5.81. The van der Waals surface area contributed by atoms with Gasteiger partial charge >= 0.3 is 0 Å². The first-order chi connectivity index (χ1) is 10.7. The Kier molecular flexibility index (Phi) is 3.94. The van der Waals surface area contributed by atoms with E-state index in [0.717, 1.165) is 23.7 Å². The smallest absolute Gasteiger partial charge is 0.261 e. The molecule has 0 aliphatic heterocycles. The van der Waals surface area contributed by atoms with Crippen molar-refractivity contribution in [3.63, 3.8) is 0 Å². The van der Waals surface area contributed by atoms with E-state index in [2.05, 4.69) is 26.1 Å². The number of ether oxygens (including phenoxy) is 1. The van der Waals surface area contributed by atoms with E-state index >= 15 is 0 Å². The summed E-state index contributed by atoms with van der Waals surface area (Å²) in [4.78, 5) is 12.6. The van der Waals surface area contributed by atoms with E-state index < -0.39 is 6.10 Å². The second kappa shape index (κ2) is 5.54. The van der Waals surface area contributed by atoms with Crippen molar-refractivity contribution < 1.29 is 9.53 Å². The predicted molar refractivity (Wildman–Crippen MR) is 92.4 cm³/mol. The lowest BCUT2D eigenvalue weighted by Crippen LogP contribution is -2.50. The lowest BCUT2D eigenvalue weighted by molar-refractivity contribution is -0.129. The number of fused-ring (bicyclic) bond motifs is 2. The van der Waals surface area contributed by atoms with Gasteiger partial charge in [-0.15, -0.1) is 0 Å². The molecular formula is C20H29NO2. The monoisotopic (exact) mass is 315 g/mol. The molecule has 0 saturated heterocycles. The molecule has 23 heavy (non-hydrogen) atoms. The summed E-state index contributed by atoms with van der Waals surface area (Å²) >= 11 is 0. The quantitative estimate of drug-likeness (QED) is 0.908. The second-order valence-electron chi connectivity index (χ2n) is 8.25. The predicted octanol–water partition coefficient (Wildman–Crippen LogP) is 4.09. The van der Waals surface area contributed by atoms with Crippen molar-refractivity contribution in [3.8, 4) is 5.75 Å². The number of hydrogen-bond donors (Lipinski definition) is 1. The molecule has 0 radical (unpaired) electrons. The molecule has 0 spiro atoms. The van der Waals surface area contributed by atoms with E-state index in [9.17, 15) is 4.79 Å². The first kappa shape index (κ1) is 16.4. The van der Waals surface area contributed by atoms with Gasteiger partial charge in [0.15, 0.2) is 6.10 Å². The van der Waals surface area contributed by atoms with Gasteiger partial charge in [-0.2, -0.15) is 0 Å². The summed E-state index contributed by atoms with van der Waals surface area (Å²) in [7, 11) is 0. The Morgan fingerprint density at radius 3 is 2.65 bits per heavy atom. The lowest BCUT2D eigenvalue weighted by atomic mass is 9.69. The molecule has 2 fully saturated rings. The van der Waals surface area contributed by atoms with Crippen LogP contribution in [0.3, 0.4) is 0 Å². The van der Waals surface area contributed by atoms with Crippen LogP contribution in [0.15, 0.2) is 24.3 Å². The molecule has 3 rings (SSSR count). The second-order valence-corrected chi connectivity index (χ2v) is 8.25. The summed E-state index contributed by atoms with van der Waals surface area (Å²) in [5.74, 6) is 1.49. The van der Waals surface area contributed by atoms with Crippen LogP contribution < -0.4 is 10.1 Å².